The average molecular weight is 433 g/mol. The molecule has 2 aromatic rings. The van der Waals surface area contributed by atoms with E-state index < -0.39 is 5.41 Å². The number of carbonyl (C=O) groups is 2. The normalized spacial score (nSPS) is 11.4. The largest absolute Gasteiger partial charge is 0.467 e. The molecule has 170 valence electrons. The lowest BCUT2D eigenvalue weighted by molar-refractivity contribution is -0.146. The van der Waals surface area contributed by atoms with Crippen molar-refractivity contribution < 1.29 is 23.1 Å². The molecule has 2 amide bonds. The molecule has 0 N–H and O–H groups in total. The van der Waals surface area contributed by atoms with Crippen molar-refractivity contribution in [3.63, 3.8) is 0 Å². The lowest BCUT2D eigenvalue weighted by Gasteiger charge is -2.31. The van der Waals surface area contributed by atoms with Crippen molar-refractivity contribution in [3.8, 4) is 0 Å². The average Bonchev–Trinajstić information content (AvgIpc) is 3.23. The first kappa shape index (κ1) is 24.6. The summed E-state index contributed by atoms with van der Waals surface area (Å²) in [5, 5.41) is 0. The molecule has 0 atom stereocenters. The highest BCUT2D eigenvalue weighted by molar-refractivity contribution is 5.87. The first-order valence-electron chi connectivity index (χ1n) is 10.6. The Morgan fingerprint density at radius 1 is 1.06 bits per heavy atom. The van der Waals surface area contributed by atoms with Crippen LogP contribution in [0.2, 0.25) is 0 Å². The highest BCUT2D eigenvalue weighted by Crippen LogP contribution is 2.19. The zero-order valence-corrected chi connectivity index (χ0v) is 18.9. The molecule has 0 radical (unpaired) electrons. The Labute approximate surface area is 184 Å². The van der Waals surface area contributed by atoms with Gasteiger partial charge in [0.25, 0.3) is 0 Å². The maximum absolute atomic E-state index is 13.3. The van der Waals surface area contributed by atoms with Crippen molar-refractivity contribution in [3.05, 3.63) is 59.8 Å². The monoisotopic (exact) mass is 432 g/mol. The highest BCUT2D eigenvalue weighted by Gasteiger charge is 2.29. The van der Waals surface area contributed by atoms with Crippen LogP contribution in [0.4, 0.5) is 4.39 Å². The number of amides is 2. The molecule has 1 heterocycles. The van der Waals surface area contributed by atoms with Crippen molar-refractivity contribution in [2.45, 2.75) is 47.2 Å². The van der Waals surface area contributed by atoms with Crippen molar-refractivity contribution in [1.82, 2.24) is 9.80 Å². The SMILES string of the molecule is CCOCCCN(CC(=O)N(Cc1ccc(F)cc1)Cc1ccco1)C(=O)C(C)(C)C. The number of benzene rings is 1. The van der Waals surface area contributed by atoms with Gasteiger partial charge in [0, 0.05) is 31.7 Å². The van der Waals surface area contributed by atoms with Crippen LogP contribution < -0.4 is 0 Å². The molecular formula is C24H33FN2O4. The van der Waals surface area contributed by atoms with Crippen molar-refractivity contribution in [2.24, 2.45) is 5.41 Å². The van der Waals surface area contributed by atoms with Crippen LogP contribution in [0.5, 0.6) is 0 Å². The number of hydrogen-bond acceptors (Lipinski definition) is 4. The van der Waals surface area contributed by atoms with E-state index in [-0.39, 0.29) is 37.3 Å². The summed E-state index contributed by atoms with van der Waals surface area (Å²) in [5.74, 6) is 0.0243. The third-order valence-corrected chi connectivity index (χ3v) is 4.74. The fraction of sp³-hybridized carbons (Fsp3) is 0.500. The zero-order chi connectivity index (χ0) is 22.9. The molecule has 0 saturated heterocycles. The standard InChI is InChI=1S/C24H33FN2O4/c1-5-30-14-7-13-26(23(29)24(2,3)4)18-22(28)27(17-21-8-6-15-31-21)16-19-9-11-20(25)12-10-19/h6,8-12,15H,5,7,13-14,16-18H2,1-4H3. The second kappa shape index (κ2) is 11.6. The zero-order valence-electron chi connectivity index (χ0n) is 18.9. The van der Waals surface area contributed by atoms with Gasteiger partial charge >= 0.3 is 0 Å². The molecule has 0 unspecified atom stereocenters. The van der Waals surface area contributed by atoms with Gasteiger partial charge in [0.05, 0.1) is 19.4 Å². The minimum atomic E-state index is -0.602. The number of halogens is 1. The van der Waals surface area contributed by atoms with Crippen LogP contribution in [-0.4, -0.2) is 47.9 Å². The molecule has 7 heteroatoms. The molecule has 1 aromatic carbocycles. The van der Waals surface area contributed by atoms with Gasteiger partial charge in [-0.25, -0.2) is 4.39 Å². The molecule has 6 nitrogen and oxygen atoms in total. The predicted octanol–water partition coefficient (Wildman–Crippen LogP) is 4.25. The van der Waals surface area contributed by atoms with Crippen LogP contribution in [0, 0.1) is 11.2 Å². The summed E-state index contributed by atoms with van der Waals surface area (Å²) in [6, 6.07) is 9.60. The van der Waals surface area contributed by atoms with Gasteiger partial charge < -0.3 is 19.0 Å². The topological polar surface area (TPSA) is 63.0 Å². The van der Waals surface area contributed by atoms with Gasteiger partial charge in [-0.3, -0.25) is 9.59 Å². The van der Waals surface area contributed by atoms with Crippen molar-refractivity contribution in [2.75, 3.05) is 26.3 Å². The third kappa shape index (κ3) is 8.17. The maximum Gasteiger partial charge on any atom is 0.242 e. The van der Waals surface area contributed by atoms with E-state index in [1.165, 1.54) is 12.1 Å². The Kier molecular flexibility index (Phi) is 9.24. The summed E-state index contributed by atoms with van der Waals surface area (Å²) in [4.78, 5) is 29.4. The van der Waals surface area contributed by atoms with Gasteiger partial charge in [0.1, 0.15) is 11.6 Å². The highest BCUT2D eigenvalue weighted by atomic mass is 19.1. The van der Waals surface area contributed by atoms with E-state index in [9.17, 15) is 14.0 Å². The molecule has 0 aliphatic carbocycles. The third-order valence-electron chi connectivity index (χ3n) is 4.74. The van der Waals surface area contributed by atoms with E-state index in [0.29, 0.717) is 31.9 Å². The van der Waals surface area contributed by atoms with E-state index >= 15 is 0 Å². The molecule has 2 rings (SSSR count). The minimum Gasteiger partial charge on any atom is -0.467 e. The maximum atomic E-state index is 13.3. The number of furan rings is 1. The molecule has 0 bridgehead atoms. The number of hydrogen-bond donors (Lipinski definition) is 0. The summed E-state index contributed by atoms with van der Waals surface area (Å²) in [6.45, 7) is 9.54. The van der Waals surface area contributed by atoms with Crippen LogP contribution in [-0.2, 0) is 27.4 Å². The molecule has 0 fully saturated rings. The van der Waals surface area contributed by atoms with Gasteiger partial charge in [-0.05, 0) is 43.2 Å². The number of rotatable bonds is 11. The Morgan fingerprint density at radius 3 is 2.35 bits per heavy atom. The molecule has 0 spiro atoms. The lowest BCUT2D eigenvalue weighted by Crippen LogP contribution is -2.46. The smallest absolute Gasteiger partial charge is 0.242 e. The lowest BCUT2D eigenvalue weighted by atomic mass is 9.94. The van der Waals surface area contributed by atoms with Gasteiger partial charge in [-0.15, -0.1) is 0 Å². The summed E-state index contributed by atoms with van der Waals surface area (Å²) < 4.78 is 24.1. The molecule has 0 aliphatic rings. The van der Waals surface area contributed by atoms with E-state index in [0.717, 1.165) is 5.56 Å². The second-order valence-corrected chi connectivity index (χ2v) is 8.48. The summed E-state index contributed by atoms with van der Waals surface area (Å²) in [6.07, 6.45) is 2.21. The fourth-order valence-electron chi connectivity index (χ4n) is 3.12. The van der Waals surface area contributed by atoms with Gasteiger partial charge in [0.2, 0.25) is 11.8 Å². The molecule has 0 aliphatic heterocycles. The van der Waals surface area contributed by atoms with Crippen LogP contribution in [0.3, 0.4) is 0 Å². The number of nitrogens with zero attached hydrogens (tertiary/aromatic N) is 2. The Balaban J connectivity index is 2.16. The van der Waals surface area contributed by atoms with Crippen LogP contribution >= 0.6 is 0 Å². The number of carbonyl (C=O) groups excluding carboxylic acids is 2. The fourth-order valence-corrected chi connectivity index (χ4v) is 3.12. The predicted molar refractivity (Wildman–Crippen MR) is 117 cm³/mol. The van der Waals surface area contributed by atoms with Crippen LogP contribution in [0.15, 0.2) is 47.1 Å². The first-order chi connectivity index (χ1) is 14.7. The summed E-state index contributed by atoms with van der Waals surface area (Å²) in [5.41, 5.74) is 0.195. The van der Waals surface area contributed by atoms with E-state index in [2.05, 4.69) is 0 Å². The first-order valence-corrected chi connectivity index (χ1v) is 10.6. The van der Waals surface area contributed by atoms with Crippen molar-refractivity contribution in [1.29, 1.82) is 0 Å². The minimum absolute atomic E-state index is 0.0376. The molecule has 31 heavy (non-hydrogen) atoms. The Morgan fingerprint density at radius 2 is 1.77 bits per heavy atom. The van der Waals surface area contributed by atoms with Crippen LogP contribution in [0.25, 0.3) is 0 Å². The van der Waals surface area contributed by atoms with E-state index in [1.807, 2.05) is 27.7 Å². The van der Waals surface area contributed by atoms with Gasteiger partial charge in [-0.1, -0.05) is 32.9 Å². The van der Waals surface area contributed by atoms with E-state index in [1.54, 1.807) is 40.3 Å². The molecule has 1 aromatic heterocycles. The second-order valence-electron chi connectivity index (χ2n) is 8.48. The Bertz CT molecular complexity index is 813. The van der Waals surface area contributed by atoms with Gasteiger partial charge in [-0.2, -0.15) is 0 Å². The molecular weight excluding hydrogens is 399 g/mol. The van der Waals surface area contributed by atoms with E-state index in [4.69, 9.17) is 9.15 Å². The molecule has 0 saturated carbocycles. The van der Waals surface area contributed by atoms with Gasteiger partial charge in [0.15, 0.2) is 0 Å². The Hall–Kier alpha value is -2.67. The number of ether oxygens (including phenoxy) is 1. The van der Waals surface area contributed by atoms with Crippen molar-refractivity contribution >= 4 is 11.8 Å². The quantitative estimate of drug-likeness (QED) is 0.498. The summed E-state index contributed by atoms with van der Waals surface area (Å²) >= 11 is 0. The summed E-state index contributed by atoms with van der Waals surface area (Å²) in [7, 11) is 0. The van der Waals surface area contributed by atoms with Crippen LogP contribution in [0.1, 0.15) is 45.4 Å².